The van der Waals surface area contributed by atoms with Gasteiger partial charge in [0.2, 0.25) is 10.0 Å². The van der Waals surface area contributed by atoms with Gasteiger partial charge in [-0.3, -0.25) is 19.8 Å². The van der Waals surface area contributed by atoms with Gasteiger partial charge in [-0.25, -0.2) is 13.2 Å². The fraction of sp³-hybridized carbons (Fsp3) is 0.500. The maximum Gasteiger partial charge on any atom is 0.319 e. The average molecular weight is 562 g/mol. The molecule has 0 spiro atoms. The number of sulfonamides is 1. The molecule has 1 aromatic heterocycles. The van der Waals surface area contributed by atoms with Crippen LogP contribution in [-0.2, 0) is 23.0 Å². The Kier molecular flexibility index (Phi) is 8.26. The van der Waals surface area contributed by atoms with Gasteiger partial charge >= 0.3 is 6.03 Å². The molecule has 3 heterocycles. The van der Waals surface area contributed by atoms with E-state index in [-0.39, 0.29) is 27.9 Å². The molecule has 0 bridgehead atoms. The van der Waals surface area contributed by atoms with Crippen molar-refractivity contribution in [3.05, 3.63) is 45.8 Å². The van der Waals surface area contributed by atoms with Crippen molar-refractivity contribution in [3.8, 4) is 0 Å². The number of hydrogen-bond donors (Lipinski definition) is 3. The molecule has 1 aromatic carbocycles. The number of urea groups is 1. The van der Waals surface area contributed by atoms with Gasteiger partial charge in [-0.15, -0.1) is 11.3 Å². The highest BCUT2D eigenvalue weighted by molar-refractivity contribution is 7.89. The maximum atomic E-state index is 13.2. The summed E-state index contributed by atoms with van der Waals surface area (Å²) in [4.78, 5) is 40.7. The number of nitrogens with zero attached hydrogens (tertiary/aromatic N) is 2. The summed E-state index contributed by atoms with van der Waals surface area (Å²) < 4.78 is 27.9. The van der Waals surface area contributed by atoms with E-state index in [0.717, 1.165) is 23.4 Å². The minimum Gasteiger partial charge on any atom is -0.351 e. The third-order valence-electron chi connectivity index (χ3n) is 7.10. The molecule has 0 radical (unpaired) electrons. The Bertz CT molecular complexity index is 1330. The number of carbonyl (C=O) groups is 3. The molecule has 2 unspecified atom stereocenters. The van der Waals surface area contributed by atoms with Gasteiger partial charge in [-0.1, -0.05) is 13.8 Å². The van der Waals surface area contributed by atoms with E-state index in [0.29, 0.717) is 37.1 Å². The molecule has 4 amide bonds. The zero-order valence-electron chi connectivity index (χ0n) is 22.1. The van der Waals surface area contributed by atoms with Crippen molar-refractivity contribution in [1.29, 1.82) is 0 Å². The summed E-state index contributed by atoms with van der Waals surface area (Å²) in [6.45, 7) is 10.6. The number of anilines is 1. The summed E-state index contributed by atoms with van der Waals surface area (Å²) in [5.74, 6) is -0.580. The van der Waals surface area contributed by atoms with Gasteiger partial charge in [0.05, 0.1) is 10.5 Å². The van der Waals surface area contributed by atoms with Gasteiger partial charge in [-0.2, -0.15) is 4.31 Å². The number of benzene rings is 1. The van der Waals surface area contributed by atoms with Gasteiger partial charge in [0, 0.05) is 42.7 Å². The molecule has 2 aliphatic heterocycles. The lowest BCUT2D eigenvalue weighted by atomic mass is 9.94. The predicted molar refractivity (Wildman–Crippen MR) is 147 cm³/mol. The highest BCUT2D eigenvalue weighted by atomic mass is 32.2. The van der Waals surface area contributed by atoms with Crippen LogP contribution in [0.25, 0.3) is 0 Å². The van der Waals surface area contributed by atoms with Gasteiger partial charge in [0.25, 0.3) is 11.8 Å². The molecule has 10 nitrogen and oxygen atoms in total. The number of nitrogens with one attached hydrogen (secondary N) is 2. The summed E-state index contributed by atoms with van der Waals surface area (Å²) in [6, 6.07) is 5.16. The van der Waals surface area contributed by atoms with Crippen molar-refractivity contribution in [2.45, 2.75) is 58.0 Å². The van der Waals surface area contributed by atoms with Crippen LogP contribution in [0.5, 0.6) is 0 Å². The highest BCUT2D eigenvalue weighted by Crippen LogP contribution is 2.38. The number of rotatable bonds is 6. The molecule has 12 heteroatoms. The molecule has 4 rings (SSSR count). The summed E-state index contributed by atoms with van der Waals surface area (Å²) in [6.07, 6.45) is 1.59. The molecule has 2 aromatic rings. The first-order valence-corrected chi connectivity index (χ1v) is 15.0. The fourth-order valence-corrected chi connectivity index (χ4v) is 8.22. The van der Waals surface area contributed by atoms with E-state index < -0.39 is 27.9 Å². The Hall–Kier alpha value is -2.80. The summed E-state index contributed by atoms with van der Waals surface area (Å²) in [5.41, 5.74) is 6.48. The average Bonchev–Trinajstić information content (AvgIpc) is 3.20. The summed E-state index contributed by atoms with van der Waals surface area (Å²) in [7, 11) is -3.67. The molecule has 2 aliphatic rings. The lowest BCUT2D eigenvalue weighted by Crippen LogP contribution is -2.42. The van der Waals surface area contributed by atoms with E-state index in [9.17, 15) is 22.8 Å². The Balaban J connectivity index is 1.57. The van der Waals surface area contributed by atoms with Crippen LogP contribution in [0.3, 0.4) is 0 Å². The van der Waals surface area contributed by atoms with Gasteiger partial charge < -0.3 is 11.1 Å². The largest absolute Gasteiger partial charge is 0.351 e. The minimum absolute atomic E-state index is 0.136. The van der Waals surface area contributed by atoms with Crippen LogP contribution in [0, 0.1) is 11.8 Å². The monoisotopic (exact) mass is 561 g/mol. The lowest BCUT2D eigenvalue weighted by Gasteiger charge is -2.34. The molecular formula is C26H35N5O5S2. The second-order valence-electron chi connectivity index (χ2n) is 10.6. The SMILES string of the molecule is CC1CC(C)CN(S(=O)(=O)c2ccc(C(=O)Nc3sc4c(c3C(=O)NC(N)=O)CCN(C(C)C)C4)cc2)C1. The number of thiophene rings is 1. The smallest absolute Gasteiger partial charge is 0.319 e. The third-order valence-corrected chi connectivity index (χ3v) is 10.1. The molecule has 38 heavy (non-hydrogen) atoms. The molecule has 206 valence electrons. The zero-order valence-corrected chi connectivity index (χ0v) is 23.7. The number of primary amides is 1. The van der Waals surface area contributed by atoms with Crippen LogP contribution in [0.4, 0.5) is 9.80 Å². The molecule has 0 saturated carbocycles. The summed E-state index contributed by atoms with van der Waals surface area (Å²) in [5, 5.41) is 5.25. The Morgan fingerprint density at radius 1 is 1.05 bits per heavy atom. The van der Waals surface area contributed by atoms with E-state index >= 15 is 0 Å². The molecule has 1 fully saturated rings. The predicted octanol–water partition coefficient (Wildman–Crippen LogP) is 3.24. The van der Waals surface area contributed by atoms with Crippen LogP contribution in [0.15, 0.2) is 29.2 Å². The van der Waals surface area contributed by atoms with Crippen molar-refractivity contribution >= 4 is 44.2 Å². The van der Waals surface area contributed by atoms with Crippen LogP contribution < -0.4 is 16.4 Å². The van der Waals surface area contributed by atoms with Crippen LogP contribution in [0.1, 0.15) is 65.3 Å². The van der Waals surface area contributed by atoms with Gasteiger partial charge in [0.1, 0.15) is 5.00 Å². The quantitative estimate of drug-likeness (QED) is 0.494. The molecule has 1 saturated heterocycles. The van der Waals surface area contributed by atoms with Gasteiger partial charge in [-0.05, 0) is 68.4 Å². The van der Waals surface area contributed by atoms with E-state index in [1.165, 1.54) is 39.9 Å². The minimum atomic E-state index is -3.67. The molecular weight excluding hydrogens is 526 g/mol. The first-order chi connectivity index (χ1) is 17.9. The number of piperidine rings is 1. The van der Waals surface area contributed by atoms with Crippen LogP contribution in [0.2, 0.25) is 0 Å². The lowest BCUT2D eigenvalue weighted by molar-refractivity contribution is 0.0965. The first kappa shape index (κ1) is 28.2. The van der Waals surface area contributed by atoms with Crippen LogP contribution in [-0.4, -0.2) is 61.1 Å². The zero-order chi connectivity index (χ0) is 27.8. The van der Waals surface area contributed by atoms with Crippen molar-refractivity contribution in [2.24, 2.45) is 17.6 Å². The van der Waals surface area contributed by atoms with Crippen LogP contribution >= 0.6 is 11.3 Å². The van der Waals surface area contributed by atoms with Crippen molar-refractivity contribution in [3.63, 3.8) is 0 Å². The Morgan fingerprint density at radius 2 is 1.68 bits per heavy atom. The molecule has 0 aliphatic carbocycles. The number of fused-ring (bicyclic) bond motifs is 1. The second kappa shape index (κ2) is 11.1. The maximum absolute atomic E-state index is 13.2. The number of nitrogens with two attached hydrogens (primary N) is 1. The van der Waals surface area contributed by atoms with E-state index in [4.69, 9.17) is 5.73 Å². The Labute approximate surface area is 227 Å². The number of imide groups is 1. The van der Waals surface area contributed by atoms with Crippen molar-refractivity contribution in [1.82, 2.24) is 14.5 Å². The van der Waals surface area contributed by atoms with E-state index in [1.54, 1.807) is 0 Å². The number of hydrogen-bond acceptors (Lipinski definition) is 7. The highest BCUT2D eigenvalue weighted by Gasteiger charge is 2.32. The van der Waals surface area contributed by atoms with E-state index in [1.807, 2.05) is 13.8 Å². The van der Waals surface area contributed by atoms with E-state index in [2.05, 4.69) is 29.4 Å². The second-order valence-corrected chi connectivity index (χ2v) is 13.6. The summed E-state index contributed by atoms with van der Waals surface area (Å²) >= 11 is 1.30. The first-order valence-electron chi connectivity index (χ1n) is 12.8. The normalized spacial score (nSPS) is 20.7. The topological polar surface area (TPSA) is 142 Å². The fourth-order valence-electron chi connectivity index (χ4n) is 5.27. The standard InChI is InChI=1S/C26H35N5O5S2/c1-15(2)30-10-9-20-21(14-30)37-25(22(20)24(33)29-26(27)34)28-23(32)18-5-7-19(8-6-18)38(35,36)31-12-16(3)11-17(4)13-31/h5-8,15-17H,9-14H2,1-4H3,(H,28,32)(H3,27,29,33,34). The molecule has 4 N–H and O–H groups in total. The van der Waals surface area contributed by atoms with Gasteiger partial charge in [0.15, 0.2) is 0 Å². The Morgan fingerprint density at radius 3 is 2.26 bits per heavy atom. The van der Waals surface area contributed by atoms with Crippen molar-refractivity contribution in [2.75, 3.05) is 25.0 Å². The van der Waals surface area contributed by atoms with Crippen molar-refractivity contribution < 1.29 is 22.8 Å². The molecule has 2 atom stereocenters. The number of carbonyl (C=O) groups excluding carboxylic acids is 3. The number of amides is 4. The third kappa shape index (κ3) is 5.93.